The van der Waals surface area contributed by atoms with Crippen molar-refractivity contribution in [3.05, 3.63) is 0 Å². The van der Waals surface area contributed by atoms with Gasteiger partial charge < -0.3 is 9.84 Å². The van der Waals surface area contributed by atoms with Gasteiger partial charge in [0.15, 0.2) is 0 Å². The summed E-state index contributed by atoms with van der Waals surface area (Å²) < 4.78 is 56.2. The lowest BCUT2D eigenvalue weighted by atomic mass is 9.87. The number of carboxylic acids is 1. The van der Waals surface area contributed by atoms with Crippen LogP contribution in [0.1, 0.15) is 49.0 Å². The Morgan fingerprint density at radius 2 is 2.15 bits per heavy atom. The molecule has 0 heterocycles. The molecule has 1 aliphatic rings. The predicted molar refractivity (Wildman–Crippen MR) is 49.6 cm³/mol. The standard InChI is InChI=1S/C10H18O3/c1-7(2)13-9-5-3-8(4-6-9)10(11)12/h7-9H,3-6H2,1-2H3,(H,11,12)/i1D3,2D3,7D. The normalized spacial score (nSPS) is 39.8. The Hall–Kier alpha value is -0.570. The zero-order valence-corrected chi connectivity index (χ0v) is 7.25. The summed E-state index contributed by atoms with van der Waals surface area (Å²) in [6.45, 7) is -6.22. The average Bonchev–Trinajstić information content (AvgIpc) is 2.26. The van der Waals surface area contributed by atoms with E-state index in [1.807, 2.05) is 0 Å². The van der Waals surface area contributed by atoms with Crippen molar-refractivity contribution in [3.8, 4) is 0 Å². The molecule has 3 heteroatoms. The van der Waals surface area contributed by atoms with Gasteiger partial charge in [-0.2, -0.15) is 0 Å². The summed E-state index contributed by atoms with van der Waals surface area (Å²) in [5.74, 6) is -1.44. The number of rotatable bonds is 3. The first kappa shape index (κ1) is 4.30. The van der Waals surface area contributed by atoms with Gasteiger partial charge in [-0.25, -0.2) is 0 Å². The highest BCUT2D eigenvalue weighted by Gasteiger charge is 2.26. The Balaban J connectivity index is 2.77. The summed E-state index contributed by atoms with van der Waals surface area (Å²) in [5, 5.41) is 8.86. The van der Waals surface area contributed by atoms with Crippen LogP contribution in [0.3, 0.4) is 0 Å². The second kappa shape index (κ2) is 4.61. The Bertz CT molecular complexity index is 341. The largest absolute Gasteiger partial charge is 0.481 e. The van der Waals surface area contributed by atoms with E-state index in [-0.39, 0.29) is 25.7 Å². The van der Waals surface area contributed by atoms with Crippen LogP contribution in [0.15, 0.2) is 0 Å². The number of aliphatic carboxylic acids is 1. The summed E-state index contributed by atoms with van der Waals surface area (Å²) in [7, 11) is 0. The maximum Gasteiger partial charge on any atom is 0.306 e. The van der Waals surface area contributed by atoms with E-state index in [4.69, 9.17) is 19.4 Å². The molecule has 0 atom stereocenters. The lowest BCUT2D eigenvalue weighted by Crippen LogP contribution is -2.27. The minimum atomic E-state index is -3.11. The van der Waals surface area contributed by atoms with Crippen LogP contribution in [0.4, 0.5) is 0 Å². The Morgan fingerprint density at radius 1 is 1.54 bits per heavy atom. The van der Waals surface area contributed by atoms with Gasteiger partial charge in [0.05, 0.1) is 19.5 Å². The van der Waals surface area contributed by atoms with Crippen LogP contribution >= 0.6 is 0 Å². The number of carbonyl (C=O) groups is 1. The van der Waals surface area contributed by atoms with Gasteiger partial charge in [-0.3, -0.25) is 4.79 Å². The molecule has 76 valence electrons. The molecule has 1 saturated carbocycles. The third kappa shape index (κ3) is 3.35. The second-order valence-electron chi connectivity index (χ2n) is 3.26. The highest BCUT2D eigenvalue weighted by Crippen LogP contribution is 2.26. The molecule has 1 N–H and O–H groups in total. The summed E-state index contributed by atoms with van der Waals surface area (Å²) in [6.07, 6.45) is -2.64. The fourth-order valence-electron chi connectivity index (χ4n) is 1.59. The molecule has 0 aromatic heterocycles. The van der Waals surface area contributed by atoms with Crippen molar-refractivity contribution in [1.29, 1.82) is 0 Å². The minimum Gasteiger partial charge on any atom is -0.481 e. The van der Waals surface area contributed by atoms with Gasteiger partial charge in [-0.1, -0.05) is 0 Å². The van der Waals surface area contributed by atoms with E-state index in [1.165, 1.54) is 0 Å². The molecule has 0 aromatic rings. The number of ether oxygens (including phenoxy) is 1. The molecule has 0 bridgehead atoms. The molecule has 1 rings (SSSR count). The van der Waals surface area contributed by atoms with Gasteiger partial charge in [0.25, 0.3) is 0 Å². The van der Waals surface area contributed by atoms with E-state index < -0.39 is 37.8 Å². The summed E-state index contributed by atoms with van der Waals surface area (Å²) in [5.41, 5.74) is 0. The van der Waals surface area contributed by atoms with Gasteiger partial charge in [0.2, 0.25) is 0 Å². The molecule has 3 nitrogen and oxygen atoms in total. The lowest BCUT2D eigenvalue weighted by Gasteiger charge is -2.27. The van der Waals surface area contributed by atoms with Crippen molar-refractivity contribution in [2.75, 3.05) is 0 Å². The number of hydrogen-bond acceptors (Lipinski definition) is 2. The van der Waals surface area contributed by atoms with Crippen LogP contribution in [0.2, 0.25) is 0 Å². The molecule has 0 aromatic carbocycles. The van der Waals surface area contributed by atoms with Crippen LogP contribution in [-0.2, 0) is 9.53 Å². The minimum absolute atomic E-state index is 0.240. The highest BCUT2D eigenvalue weighted by molar-refractivity contribution is 5.69. The quantitative estimate of drug-likeness (QED) is 0.746. The van der Waals surface area contributed by atoms with Gasteiger partial charge in [-0.15, -0.1) is 0 Å². The van der Waals surface area contributed by atoms with Gasteiger partial charge >= 0.3 is 5.97 Å². The number of hydrogen-bond donors (Lipinski definition) is 1. The van der Waals surface area contributed by atoms with Gasteiger partial charge in [0, 0.05) is 8.22 Å². The maximum absolute atomic E-state index is 10.8. The molecule has 0 amide bonds. The number of carboxylic acid groups (broad SMARTS) is 1. The second-order valence-corrected chi connectivity index (χ2v) is 3.26. The molecule has 13 heavy (non-hydrogen) atoms. The highest BCUT2D eigenvalue weighted by atomic mass is 16.5. The Morgan fingerprint density at radius 3 is 2.62 bits per heavy atom. The SMILES string of the molecule is [2H]C([2H])([2H])C([2H])(OC1CCC(C(=O)O)CC1)C([2H])([2H])[2H]. The third-order valence-corrected chi connectivity index (χ3v) is 2.31. The fraction of sp³-hybridized carbons (Fsp3) is 0.900. The van der Waals surface area contributed by atoms with Gasteiger partial charge in [-0.05, 0) is 39.4 Å². The zero-order chi connectivity index (χ0) is 15.8. The fourth-order valence-corrected chi connectivity index (χ4v) is 1.59. The van der Waals surface area contributed by atoms with E-state index in [2.05, 4.69) is 0 Å². The molecule has 0 aliphatic heterocycles. The summed E-state index contributed by atoms with van der Waals surface area (Å²) in [6, 6.07) is 0. The van der Waals surface area contributed by atoms with Crippen molar-refractivity contribution in [1.82, 2.24) is 0 Å². The molecular weight excluding hydrogens is 168 g/mol. The van der Waals surface area contributed by atoms with Crippen molar-refractivity contribution >= 4 is 5.97 Å². The molecule has 0 saturated heterocycles. The van der Waals surface area contributed by atoms with Crippen molar-refractivity contribution in [2.45, 2.75) is 51.6 Å². The van der Waals surface area contributed by atoms with Crippen LogP contribution in [0, 0.1) is 5.92 Å². The Kier molecular flexibility index (Phi) is 1.52. The topological polar surface area (TPSA) is 46.5 Å². The first-order valence-electron chi connectivity index (χ1n) is 7.79. The smallest absolute Gasteiger partial charge is 0.306 e. The molecule has 1 fully saturated rings. The van der Waals surface area contributed by atoms with Crippen LogP contribution in [-0.4, -0.2) is 23.3 Å². The van der Waals surface area contributed by atoms with Crippen LogP contribution in [0.25, 0.3) is 0 Å². The maximum atomic E-state index is 10.8. The van der Waals surface area contributed by atoms with Crippen molar-refractivity contribution in [2.24, 2.45) is 5.92 Å². The van der Waals surface area contributed by atoms with Crippen molar-refractivity contribution in [3.63, 3.8) is 0 Å². The Labute approximate surface area is 88.9 Å². The zero-order valence-electron chi connectivity index (χ0n) is 14.2. The average molecular weight is 193 g/mol. The summed E-state index contributed by atoms with van der Waals surface area (Å²) in [4.78, 5) is 10.8. The first-order valence-corrected chi connectivity index (χ1v) is 4.29. The molecule has 1 aliphatic carbocycles. The van der Waals surface area contributed by atoms with E-state index in [0.717, 1.165) is 0 Å². The van der Waals surface area contributed by atoms with Gasteiger partial charge in [0.1, 0.15) is 0 Å². The van der Waals surface area contributed by atoms with E-state index in [0.29, 0.717) is 0 Å². The van der Waals surface area contributed by atoms with Crippen LogP contribution < -0.4 is 0 Å². The predicted octanol–water partition coefficient (Wildman–Crippen LogP) is 2.05. The molecular formula is C10H18O3. The van der Waals surface area contributed by atoms with E-state index >= 15 is 0 Å². The molecule has 0 unspecified atom stereocenters. The lowest BCUT2D eigenvalue weighted by molar-refractivity contribution is -0.144. The van der Waals surface area contributed by atoms with E-state index in [9.17, 15) is 4.79 Å². The molecule has 0 spiro atoms. The molecule has 0 radical (unpaired) electrons. The first-order chi connectivity index (χ1) is 8.88. The van der Waals surface area contributed by atoms with E-state index in [1.54, 1.807) is 0 Å². The third-order valence-electron chi connectivity index (χ3n) is 2.31. The van der Waals surface area contributed by atoms with Crippen molar-refractivity contribution < 1.29 is 24.2 Å². The van der Waals surface area contributed by atoms with Crippen LogP contribution in [0.5, 0.6) is 0 Å². The monoisotopic (exact) mass is 193 g/mol. The summed E-state index contributed by atoms with van der Waals surface area (Å²) >= 11 is 0.